The third kappa shape index (κ3) is 5.01. The summed E-state index contributed by atoms with van der Waals surface area (Å²) in [5.74, 6) is -0.863. The standard InChI is InChI=1S/C19H19N3O4S/c23-18(10-9-13-5-4-7-15(11-13)22(25)26)20-21-19(24)17-12-14-6-2-1-3-8-16(14)27-17/h4-5,7,9-12H,1-3,6,8H2,(H,20,23)(H,21,24)/b10-9+. The van der Waals surface area contributed by atoms with Gasteiger partial charge < -0.3 is 0 Å². The molecule has 2 N–H and O–H groups in total. The molecule has 0 spiro atoms. The van der Waals surface area contributed by atoms with Crippen molar-refractivity contribution < 1.29 is 14.5 Å². The van der Waals surface area contributed by atoms with E-state index in [2.05, 4.69) is 10.9 Å². The van der Waals surface area contributed by atoms with Crippen LogP contribution in [0.4, 0.5) is 5.69 Å². The molecule has 0 aliphatic heterocycles. The topological polar surface area (TPSA) is 101 Å². The van der Waals surface area contributed by atoms with Crippen LogP contribution >= 0.6 is 11.3 Å². The average Bonchev–Trinajstić information content (AvgIpc) is 2.95. The van der Waals surface area contributed by atoms with Gasteiger partial charge in [-0.1, -0.05) is 18.6 Å². The number of carbonyl (C=O) groups excluding carboxylic acids is 2. The third-order valence-corrected chi connectivity index (χ3v) is 5.51. The number of fused-ring (bicyclic) bond motifs is 1. The highest BCUT2D eigenvalue weighted by Crippen LogP contribution is 2.28. The first-order valence-electron chi connectivity index (χ1n) is 8.67. The average molecular weight is 385 g/mol. The number of nitro benzene ring substituents is 1. The van der Waals surface area contributed by atoms with Crippen LogP contribution in [0.2, 0.25) is 0 Å². The van der Waals surface area contributed by atoms with Crippen molar-refractivity contribution in [1.82, 2.24) is 10.9 Å². The molecule has 2 amide bonds. The number of nitrogens with one attached hydrogen (secondary N) is 2. The second-order valence-electron chi connectivity index (χ2n) is 6.25. The molecule has 140 valence electrons. The summed E-state index contributed by atoms with van der Waals surface area (Å²) in [4.78, 5) is 36.2. The molecule has 0 saturated heterocycles. The normalized spacial score (nSPS) is 13.6. The SMILES string of the molecule is O=C(/C=C/c1cccc([N+](=O)[O-])c1)NNC(=O)c1cc2c(s1)CCCCC2. The van der Waals surface area contributed by atoms with Crippen molar-refractivity contribution in [2.45, 2.75) is 32.1 Å². The minimum atomic E-state index is -0.520. The quantitative estimate of drug-likeness (QED) is 0.364. The van der Waals surface area contributed by atoms with Gasteiger partial charge in [0, 0.05) is 23.1 Å². The van der Waals surface area contributed by atoms with Gasteiger partial charge in [-0.05, 0) is 49.0 Å². The zero-order valence-electron chi connectivity index (χ0n) is 14.6. The van der Waals surface area contributed by atoms with E-state index in [0.29, 0.717) is 10.4 Å². The van der Waals surface area contributed by atoms with Crippen molar-refractivity contribution in [3.8, 4) is 0 Å². The molecule has 1 aliphatic rings. The van der Waals surface area contributed by atoms with Crippen molar-refractivity contribution in [1.29, 1.82) is 0 Å². The second kappa shape index (κ2) is 8.59. The molecular formula is C19H19N3O4S. The number of rotatable bonds is 4. The van der Waals surface area contributed by atoms with Crippen LogP contribution in [0.5, 0.6) is 0 Å². The minimum absolute atomic E-state index is 0.0525. The van der Waals surface area contributed by atoms with Crippen LogP contribution in [0.1, 0.15) is 44.9 Å². The number of amides is 2. The molecule has 0 atom stereocenters. The largest absolute Gasteiger partial charge is 0.279 e. The van der Waals surface area contributed by atoms with E-state index in [1.54, 1.807) is 6.07 Å². The first-order chi connectivity index (χ1) is 13.0. The lowest BCUT2D eigenvalue weighted by Gasteiger charge is -2.03. The Bertz CT molecular complexity index is 881. The number of aryl methyl sites for hydroxylation is 2. The fraction of sp³-hybridized carbons (Fsp3) is 0.263. The molecule has 0 radical (unpaired) electrons. The monoisotopic (exact) mass is 385 g/mol. The molecule has 27 heavy (non-hydrogen) atoms. The Kier molecular flexibility index (Phi) is 5.97. The summed E-state index contributed by atoms with van der Waals surface area (Å²) >= 11 is 1.48. The van der Waals surface area contributed by atoms with Gasteiger partial charge in [0.25, 0.3) is 17.5 Å². The Morgan fingerprint density at radius 2 is 1.93 bits per heavy atom. The Morgan fingerprint density at radius 1 is 1.11 bits per heavy atom. The number of nitro groups is 1. The van der Waals surface area contributed by atoms with Crippen molar-refractivity contribution in [2.24, 2.45) is 0 Å². The molecule has 8 heteroatoms. The fourth-order valence-electron chi connectivity index (χ4n) is 2.91. The molecule has 1 aliphatic carbocycles. The van der Waals surface area contributed by atoms with Crippen LogP contribution < -0.4 is 10.9 Å². The zero-order chi connectivity index (χ0) is 19.2. The maximum atomic E-state index is 12.2. The van der Waals surface area contributed by atoms with Gasteiger partial charge in [0.1, 0.15) is 0 Å². The maximum Gasteiger partial charge on any atom is 0.279 e. The van der Waals surface area contributed by atoms with E-state index in [-0.39, 0.29) is 11.6 Å². The molecule has 7 nitrogen and oxygen atoms in total. The molecule has 0 unspecified atom stereocenters. The maximum absolute atomic E-state index is 12.2. The first kappa shape index (κ1) is 18.8. The Morgan fingerprint density at radius 3 is 2.74 bits per heavy atom. The van der Waals surface area contributed by atoms with E-state index in [0.717, 1.165) is 25.7 Å². The van der Waals surface area contributed by atoms with Crippen LogP contribution in [0.3, 0.4) is 0 Å². The summed E-state index contributed by atoms with van der Waals surface area (Å²) in [6, 6.07) is 7.83. The predicted molar refractivity (Wildman–Crippen MR) is 103 cm³/mol. The predicted octanol–water partition coefficient (Wildman–Crippen LogP) is 3.40. The lowest BCUT2D eigenvalue weighted by atomic mass is 10.1. The van der Waals surface area contributed by atoms with Crippen molar-refractivity contribution in [3.63, 3.8) is 0 Å². The van der Waals surface area contributed by atoms with Gasteiger partial charge in [-0.25, -0.2) is 0 Å². The summed E-state index contributed by atoms with van der Waals surface area (Å²) in [7, 11) is 0. The molecule has 0 fully saturated rings. The van der Waals surface area contributed by atoms with E-state index in [1.807, 2.05) is 6.07 Å². The van der Waals surface area contributed by atoms with Crippen LogP contribution in [-0.4, -0.2) is 16.7 Å². The number of hydrazine groups is 1. The van der Waals surface area contributed by atoms with E-state index in [1.165, 1.54) is 58.5 Å². The summed E-state index contributed by atoms with van der Waals surface area (Å²) in [6.07, 6.45) is 8.17. The Labute approximate surface area is 160 Å². The van der Waals surface area contributed by atoms with E-state index in [4.69, 9.17) is 0 Å². The van der Waals surface area contributed by atoms with E-state index in [9.17, 15) is 19.7 Å². The number of non-ortho nitro benzene ring substituents is 1. The lowest BCUT2D eigenvalue weighted by Crippen LogP contribution is -2.40. The van der Waals surface area contributed by atoms with Gasteiger partial charge in [-0.2, -0.15) is 0 Å². The highest BCUT2D eigenvalue weighted by Gasteiger charge is 2.16. The van der Waals surface area contributed by atoms with E-state index >= 15 is 0 Å². The Hall–Kier alpha value is -3.00. The molecule has 1 heterocycles. The summed E-state index contributed by atoms with van der Waals surface area (Å²) in [5.41, 5.74) is 6.43. The third-order valence-electron chi connectivity index (χ3n) is 4.28. The number of carbonyl (C=O) groups is 2. The summed E-state index contributed by atoms with van der Waals surface area (Å²) in [5, 5.41) is 10.8. The number of benzene rings is 1. The molecule has 3 rings (SSSR count). The molecule has 1 aromatic carbocycles. The molecular weight excluding hydrogens is 366 g/mol. The van der Waals surface area contributed by atoms with Gasteiger partial charge in [-0.15, -0.1) is 11.3 Å². The minimum Gasteiger partial charge on any atom is -0.268 e. The number of nitrogens with zero attached hydrogens (tertiary/aromatic N) is 1. The first-order valence-corrected chi connectivity index (χ1v) is 9.49. The van der Waals surface area contributed by atoms with Crippen LogP contribution in [0, 0.1) is 10.1 Å². The van der Waals surface area contributed by atoms with Crippen molar-refractivity contribution in [3.05, 3.63) is 67.4 Å². The molecule has 2 aromatic rings. The summed E-state index contributed by atoms with van der Waals surface area (Å²) < 4.78 is 0. The Balaban J connectivity index is 1.55. The summed E-state index contributed by atoms with van der Waals surface area (Å²) in [6.45, 7) is 0. The van der Waals surface area contributed by atoms with Crippen LogP contribution in [0.25, 0.3) is 6.08 Å². The molecule has 0 bridgehead atoms. The number of thiophene rings is 1. The fourth-order valence-corrected chi connectivity index (χ4v) is 4.06. The van der Waals surface area contributed by atoms with Crippen LogP contribution in [-0.2, 0) is 17.6 Å². The van der Waals surface area contributed by atoms with Crippen molar-refractivity contribution >= 4 is 34.9 Å². The van der Waals surface area contributed by atoms with Gasteiger partial charge >= 0.3 is 0 Å². The van der Waals surface area contributed by atoms with E-state index < -0.39 is 10.8 Å². The number of hydrogen-bond donors (Lipinski definition) is 2. The zero-order valence-corrected chi connectivity index (χ0v) is 15.4. The second-order valence-corrected chi connectivity index (χ2v) is 7.39. The van der Waals surface area contributed by atoms with Crippen LogP contribution in [0.15, 0.2) is 36.4 Å². The molecule has 1 aromatic heterocycles. The van der Waals surface area contributed by atoms with Gasteiger partial charge in [0.2, 0.25) is 0 Å². The highest BCUT2D eigenvalue weighted by molar-refractivity contribution is 7.14. The van der Waals surface area contributed by atoms with Gasteiger partial charge in [-0.3, -0.25) is 30.6 Å². The highest BCUT2D eigenvalue weighted by atomic mass is 32.1. The molecule has 0 saturated carbocycles. The van der Waals surface area contributed by atoms with Gasteiger partial charge in [0.15, 0.2) is 0 Å². The van der Waals surface area contributed by atoms with Crippen molar-refractivity contribution in [2.75, 3.05) is 0 Å². The number of hydrogen-bond acceptors (Lipinski definition) is 5. The van der Waals surface area contributed by atoms with Gasteiger partial charge in [0.05, 0.1) is 9.80 Å². The lowest BCUT2D eigenvalue weighted by molar-refractivity contribution is -0.384. The smallest absolute Gasteiger partial charge is 0.268 e.